The Labute approximate surface area is 89.8 Å². The maximum absolute atomic E-state index is 10.5. The average Bonchev–Trinajstić information content (AvgIpc) is 2.26. The molecule has 0 heterocycles. The number of carboxylic acid groups (broad SMARTS) is 1. The van der Waals surface area contributed by atoms with Crippen LogP contribution in [-0.4, -0.2) is 22.0 Å². The van der Waals surface area contributed by atoms with Crippen LogP contribution in [0.3, 0.4) is 0 Å². The first-order valence-electron chi connectivity index (χ1n) is 4.33. The summed E-state index contributed by atoms with van der Waals surface area (Å²) >= 11 is 0. The number of carboxylic acids is 1. The molecule has 84 valence electrons. The summed E-state index contributed by atoms with van der Waals surface area (Å²) in [4.78, 5) is 30.5. The van der Waals surface area contributed by atoms with Crippen molar-refractivity contribution in [2.24, 2.45) is 5.18 Å². The van der Waals surface area contributed by atoms with Crippen LogP contribution in [0.4, 0.5) is 5.69 Å². The summed E-state index contributed by atoms with van der Waals surface area (Å²) in [6.45, 7) is 0. The first-order chi connectivity index (χ1) is 7.54. The van der Waals surface area contributed by atoms with E-state index in [2.05, 4.69) is 5.18 Å². The molecule has 7 nitrogen and oxygen atoms in total. The number of nitro groups is 1. The number of non-ortho nitro benzene ring substituents is 1. The van der Waals surface area contributed by atoms with E-state index in [1.54, 1.807) is 0 Å². The number of benzene rings is 1. The molecule has 1 atom stereocenters. The molecule has 0 aromatic heterocycles. The summed E-state index contributed by atoms with van der Waals surface area (Å²) in [5, 5.41) is 21.4. The first kappa shape index (κ1) is 11.8. The predicted molar refractivity (Wildman–Crippen MR) is 54.0 cm³/mol. The van der Waals surface area contributed by atoms with Gasteiger partial charge in [0.1, 0.15) is 0 Å². The van der Waals surface area contributed by atoms with Crippen LogP contribution in [-0.2, 0) is 11.2 Å². The molecule has 0 saturated carbocycles. The third-order valence-corrected chi connectivity index (χ3v) is 1.99. The fraction of sp³-hybridized carbons (Fsp3) is 0.222. The number of nitrogens with zero attached hydrogens (tertiary/aromatic N) is 2. The summed E-state index contributed by atoms with van der Waals surface area (Å²) in [6.07, 6.45) is -0.0726. The second kappa shape index (κ2) is 4.96. The SMILES string of the molecule is O=NC(Cc1ccc([N+](=O)[O-])cc1)C(=O)O. The molecule has 7 heteroatoms. The maximum atomic E-state index is 10.5. The van der Waals surface area contributed by atoms with Crippen LogP contribution in [0.15, 0.2) is 29.4 Å². The largest absolute Gasteiger partial charge is 0.480 e. The lowest BCUT2D eigenvalue weighted by molar-refractivity contribution is -0.384. The van der Waals surface area contributed by atoms with E-state index in [1.807, 2.05) is 0 Å². The molecule has 0 aliphatic rings. The molecule has 0 aliphatic carbocycles. The molecule has 16 heavy (non-hydrogen) atoms. The molecular formula is C9H8N2O5. The monoisotopic (exact) mass is 224 g/mol. The van der Waals surface area contributed by atoms with Gasteiger partial charge in [-0.05, 0) is 5.56 Å². The number of hydrogen-bond donors (Lipinski definition) is 1. The fourth-order valence-electron chi connectivity index (χ4n) is 1.15. The van der Waals surface area contributed by atoms with E-state index >= 15 is 0 Å². The molecule has 0 amide bonds. The normalized spacial score (nSPS) is 11.8. The highest BCUT2D eigenvalue weighted by Gasteiger charge is 2.18. The molecule has 1 rings (SSSR count). The van der Waals surface area contributed by atoms with Crippen molar-refractivity contribution >= 4 is 11.7 Å². The lowest BCUT2D eigenvalue weighted by Crippen LogP contribution is -2.19. The Balaban J connectivity index is 2.78. The number of hydrogen-bond acceptors (Lipinski definition) is 5. The van der Waals surface area contributed by atoms with Crippen LogP contribution in [0.1, 0.15) is 5.56 Å². The molecule has 0 radical (unpaired) electrons. The third-order valence-electron chi connectivity index (χ3n) is 1.99. The van der Waals surface area contributed by atoms with Crippen molar-refractivity contribution in [1.29, 1.82) is 0 Å². The molecule has 0 bridgehead atoms. The second-order valence-corrected chi connectivity index (χ2v) is 3.09. The maximum Gasteiger partial charge on any atom is 0.332 e. The van der Waals surface area contributed by atoms with Crippen molar-refractivity contribution in [3.63, 3.8) is 0 Å². The number of rotatable bonds is 5. The van der Waals surface area contributed by atoms with Gasteiger partial charge in [0.25, 0.3) is 5.69 Å². The minimum atomic E-state index is -1.36. The number of aliphatic carboxylic acids is 1. The van der Waals surface area contributed by atoms with Crippen molar-refractivity contribution in [3.05, 3.63) is 44.9 Å². The lowest BCUT2D eigenvalue weighted by Gasteiger charge is -2.03. The van der Waals surface area contributed by atoms with Gasteiger partial charge in [0, 0.05) is 18.6 Å². The summed E-state index contributed by atoms with van der Waals surface area (Å²) in [7, 11) is 0. The zero-order valence-electron chi connectivity index (χ0n) is 8.07. The van der Waals surface area contributed by atoms with E-state index in [4.69, 9.17) is 5.11 Å². The van der Waals surface area contributed by atoms with Gasteiger partial charge in [-0.2, -0.15) is 0 Å². The van der Waals surface area contributed by atoms with E-state index < -0.39 is 16.9 Å². The predicted octanol–water partition coefficient (Wildman–Crippen LogP) is 1.36. The zero-order chi connectivity index (χ0) is 12.1. The van der Waals surface area contributed by atoms with Gasteiger partial charge in [0.15, 0.2) is 6.04 Å². The summed E-state index contributed by atoms with van der Waals surface area (Å²) in [6, 6.07) is 3.94. The minimum absolute atomic E-state index is 0.0726. The van der Waals surface area contributed by atoms with Crippen LogP contribution in [0.25, 0.3) is 0 Å². The summed E-state index contributed by atoms with van der Waals surface area (Å²) in [5.74, 6) is -1.31. The molecule has 1 aromatic rings. The van der Waals surface area contributed by atoms with Gasteiger partial charge < -0.3 is 5.11 Å². The standard InChI is InChI=1S/C9H8N2O5/c12-9(13)8(10-14)5-6-1-3-7(4-2-6)11(15)16/h1-4,8H,5H2,(H,12,13). The van der Waals surface area contributed by atoms with Crippen LogP contribution in [0.2, 0.25) is 0 Å². The van der Waals surface area contributed by atoms with Gasteiger partial charge in [-0.1, -0.05) is 17.3 Å². The third kappa shape index (κ3) is 2.84. The molecule has 0 spiro atoms. The van der Waals surface area contributed by atoms with Gasteiger partial charge in [0.05, 0.1) is 4.92 Å². The topological polar surface area (TPSA) is 110 Å². The Morgan fingerprint density at radius 2 is 2.00 bits per heavy atom. The quantitative estimate of drug-likeness (QED) is 0.461. The molecule has 1 aromatic carbocycles. The fourth-order valence-corrected chi connectivity index (χ4v) is 1.15. The highest BCUT2D eigenvalue weighted by atomic mass is 16.6. The molecule has 1 N–H and O–H groups in total. The number of carbonyl (C=O) groups is 1. The average molecular weight is 224 g/mol. The number of nitroso groups, excluding NO2 is 1. The zero-order valence-corrected chi connectivity index (χ0v) is 8.07. The van der Waals surface area contributed by atoms with E-state index in [1.165, 1.54) is 24.3 Å². The van der Waals surface area contributed by atoms with Crippen molar-refractivity contribution in [2.75, 3.05) is 0 Å². The van der Waals surface area contributed by atoms with Crippen molar-refractivity contribution in [1.82, 2.24) is 0 Å². The van der Waals surface area contributed by atoms with Gasteiger partial charge >= 0.3 is 5.97 Å². The first-order valence-corrected chi connectivity index (χ1v) is 4.33. The van der Waals surface area contributed by atoms with Gasteiger partial charge in [0.2, 0.25) is 0 Å². The minimum Gasteiger partial charge on any atom is -0.480 e. The summed E-state index contributed by atoms with van der Waals surface area (Å²) in [5.41, 5.74) is 0.423. The van der Waals surface area contributed by atoms with E-state index in [0.717, 1.165) is 0 Å². The van der Waals surface area contributed by atoms with Crippen LogP contribution >= 0.6 is 0 Å². The van der Waals surface area contributed by atoms with Gasteiger partial charge in [-0.3, -0.25) is 10.1 Å². The Hall–Kier alpha value is -2.31. The molecular weight excluding hydrogens is 216 g/mol. The van der Waals surface area contributed by atoms with E-state index in [0.29, 0.717) is 5.56 Å². The van der Waals surface area contributed by atoms with Crippen LogP contribution in [0, 0.1) is 15.0 Å². The van der Waals surface area contributed by atoms with Crippen LogP contribution < -0.4 is 0 Å². The highest BCUT2D eigenvalue weighted by molar-refractivity contribution is 5.74. The number of nitro benzene ring substituents is 1. The van der Waals surface area contributed by atoms with Crippen molar-refractivity contribution < 1.29 is 14.8 Å². The molecule has 0 fully saturated rings. The smallest absolute Gasteiger partial charge is 0.332 e. The van der Waals surface area contributed by atoms with Crippen molar-refractivity contribution in [3.8, 4) is 0 Å². The molecule has 1 unspecified atom stereocenters. The van der Waals surface area contributed by atoms with Gasteiger partial charge in [-0.25, -0.2) is 4.79 Å². The highest BCUT2D eigenvalue weighted by Crippen LogP contribution is 2.14. The Kier molecular flexibility index (Phi) is 3.65. The second-order valence-electron chi connectivity index (χ2n) is 3.09. The molecule has 0 aliphatic heterocycles. The Bertz CT molecular complexity index is 414. The van der Waals surface area contributed by atoms with Crippen LogP contribution in [0.5, 0.6) is 0 Å². The van der Waals surface area contributed by atoms with Gasteiger partial charge in [-0.15, -0.1) is 4.91 Å². The van der Waals surface area contributed by atoms with Crippen molar-refractivity contribution in [2.45, 2.75) is 12.5 Å². The Morgan fingerprint density at radius 3 is 2.38 bits per heavy atom. The Morgan fingerprint density at radius 1 is 1.44 bits per heavy atom. The summed E-state index contributed by atoms with van der Waals surface area (Å²) < 4.78 is 0. The van der Waals surface area contributed by atoms with E-state index in [9.17, 15) is 19.8 Å². The lowest BCUT2D eigenvalue weighted by atomic mass is 10.1. The van der Waals surface area contributed by atoms with E-state index in [-0.39, 0.29) is 12.1 Å². The molecule has 0 saturated heterocycles.